The summed E-state index contributed by atoms with van der Waals surface area (Å²) in [5.74, 6) is -0.617. The van der Waals surface area contributed by atoms with Gasteiger partial charge in [-0.2, -0.15) is 0 Å². The second-order valence-electron chi connectivity index (χ2n) is 6.43. The summed E-state index contributed by atoms with van der Waals surface area (Å²) in [6.45, 7) is 0.738. The molecule has 0 saturated heterocycles. The van der Waals surface area contributed by atoms with E-state index in [1.54, 1.807) is 0 Å². The summed E-state index contributed by atoms with van der Waals surface area (Å²) in [6.07, 6.45) is 0.903. The zero-order valence-corrected chi connectivity index (χ0v) is 23.8. The Kier molecular flexibility index (Phi) is 17.7. The van der Waals surface area contributed by atoms with E-state index in [1.165, 1.54) is 11.1 Å². The molecule has 0 bridgehead atoms. The fourth-order valence-electron chi connectivity index (χ4n) is 2.46. The van der Waals surface area contributed by atoms with Crippen LogP contribution in [0.2, 0.25) is 0 Å². The summed E-state index contributed by atoms with van der Waals surface area (Å²) in [6, 6.07) is 15.8. The third-order valence-corrected chi connectivity index (χ3v) is 6.23. The van der Waals surface area contributed by atoms with E-state index in [2.05, 4.69) is 0 Å². The normalized spacial score (nSPS) is 9.81. The molecule has 0 atom stereocenters. The smallest absolute Gasteiger partial charge is 1.00 e. The fraction of sp³-hybridized carbons (Fsp3) is 0.364. The van der Waals surface area contributed by atoms with Gasteiger partial charge in [0.1, 0.15) is 0 Å². The van der Waals surface area contributed by atoms with Crippen molar-refractivity contribution in [1.29, 1.82) is 0 Å². The molecular weight excluding hydrogens is 485 g/mol. The Morgan fingerprint density at radius 3 is 1.35 bits per heavy atom. The van der Waals surface area contributed by atoms with Crippen molar-refractivity contribution in [3.63, 3.8) is 0 Å². The Morgan fingerprint density at radius 2 is 1.03 bits per heavy atom. The van der Waals surface area contributed by atoms with E-state index in [-0.39, 0.29) is 72.0 Å². The summed E-state index contributed by atoms with van der Waals surface area (Å²) in [4.78, 5) is 20.7. The molecule has 0 spiro atoms. The molecule has 0 aliphatic carbocycles. The minimum Gasteiger partial charge on any atom is 1.00 e. The molecule has 2 rings (SSSR count). The van der Waals surface area contributed by atoms with Crippen LogP contribution in [0.3, 0.4) is 0 Å². The van der Waals surface area contributed by atoms with Gasteiger partial charge in [0.25, 0.3) is 0 Å². The van der Waals surface area contributed by atoms with Gasteiger partial charge in [0, 0.05) is 0 Å². The molecule has 0 radical (unpaired) electrons. The van der Waals surface area contributed by atoms with E-state index < -0.39 is 11.9 Å². The molecule has 6 nitrogen and oxygen atoms in total. The van der Waals surface area contributed by atoms with E-state index in [4.69, 9.17) is 9.47 Å². The van der Waals surface area contributed by atoms with Crippen LogP contribution < -0.4 is 78.8 Å². The van der Waals surface area contributed by atoms with E-state index in [1.807, 2.05) is 48.5 Å². The number of carbonyl (C=O) groups excluding carboxylic acids is 2. The summed E-state index contributed by atoms with van der Waals surface area (Å²) >= 11 is 0.424. The number of hydrogen-bond donors (Lipinski definition) is 0. The SMILES string of the molecule is O=C([O-])CCCOc1ccc(C[Se]Cc2ccc(OCCCC(=O)[O-])cc2)cc1.[Na+].[Na+]. The number of carboxylic acid groups (broad SMARTS) is 2. The first-order chi connectivity index (χ1) is 14.0. The van der Waals surface area contributed by atoms with Crippen molar-refractivity contribution < 1.29 is 88.4 Å². The minimum absolute atomic E-state index is 0. The van der Waals surface area contributed by atoms with E-state index >= 15 is 0 Å². The van der Waals surface area contributed by atoms with Crippen LogP contribution in [0.25, 0.3) is 0 Å². The van der Waals surface area contributed by atoms with Crippen LogP contribution in [0.4, 0.5) is 0 Å². The van der Waals surface area contributed by atoms with Crippen LogP contribution in [-0.2, 0) is 20.2 Å². The van der Waals surface area contributed by atoms with Gasteiger partial charge >= 0.3 is 236 Å². The van der Waals surface area contributed by atoms with Gasteiger partial charge < -0.3 is 0 Å². The van der Waals surface area contributed by atoms with Crippen LogP contribution in [0.1, 0.15) is 36.8 Å². The number of carboxylic acids is 2. The van der Waals surface area contributed by atoms with Gasteiger partial charge in [-0.15, -0.1) is 0 Å². The number of hydrogen-bond acceptors (Lipinski definition) is 6. The molecular formula is C22H24Na2O6Se. The van der Waals surface area contributed by atoms with Gasteiger partial charge in [-0.3, -0.25) is 0 Å². The van der Waals surface area contributed by atoms with E-state index in [9.17, 15) is 19.8 Å². The quantitative estimate of drug-likeness (QED) is 0.187. The van der Waals surface area contributed by atoms with Crippen molar-refractivity contribution in [3.05, 3.63) is 59.7 Å². The van der Waals surface area contributed by atoms with Crippen LogP contribution in [0, 0.1) is 0 Å². The average Bonchev–Trinajstić information content (AvgIpc) is 2.70. The fourth-order valence-corrected chi connectivity index (χ4v) is 4.47. The Labute approximate surface area is 233 Å². The predicted octanol–water partition coefficient (Wildman–Crippen LogP) is -5.08. The second kappa shape index (κ2) is 18.0. The molecule has 156 valence electrons. The third kappa shape index (κ3) is 14.3. The zero-order valence-electron chi connectivity index (χ0n) is 18.1. The summed E-state index contributed by atoms with van der Waals surface area (Å²) in [5.41, 5.74) is 2.50. The number of rotatable bonds is 14. The van der Waals surface area contributed by atoms with Gasteiger partial charge in [-0.1, -0.05) is 0 Å². The molecule has 0 aliphatic rings. The number of aliphatic carboxylic acids is 2. The molecule has 9 heteroatoms. The van der Waals surface area contributed by atoms with Gasteiger partial charge in [0.05, 0.1) is 0 Å². The van der Waals surface area contributed by atoms with Gasteiger partial charge in [0.2, 0.25) is 0 Å². The van der Waals surface area contributed by atoms with E-state index in [0.29, 0.717) is 41.0 Å². The predicted molar refractivity (Wildman–Crippen MR) is 106 cm³/mol. The summed E-state index contributed by atoms with van der Waals surface area (Å²) in [5, 5.41) is 22.7. The molecule has 2 aromatic rings. The standard InChI is InChI=1S/C22H26O6Se.2Na/c23-21(24)3-1-13-27-19-9-5-17(6-10-19)15-29-16-18-7-11-20(12-8-18)28-14-2-4-22(25)26;;/h5-12H,1-4,13-16H2,(H,23,24)(H,25,26);;/q;2*+1/p-2. The summed E-state index contributed by atoms with van der Waals surface area (Å²) in [7, 11) is 0. The second-order valence-corrected chi connectivity index (χ2v) is 8.50. The van der Waals surface area contributed by atoms with Crippen LogP contribution in [0.5, 0.6) is 11.5 Å². The molecule has 0 aromatic heterocycles. The zero-order chi connectivity index (χ0) is 20.9. The van der Waals surface area contributed by atoms with Crippen LogP contribution >= 0.6 is 0 Å². The van der Waals surface area contributed by atoms with Crippen molar-refractivity contribution in [3.8, 4) is 11.5 Å². The largest absolute Gasteiger partial charge is 1.00 e. The maximum atomic E-state index is 10.4. The molecule has 0 unspecified atom stereocenters. The molecule has 0 amide bonds. The molecule has 0 heterocycles. The van der Waals surface area contributed by atoms with Gasteiger partial charge in [0.15, 0.2) is 0 Å². The first kappa shape index (κ1) is 30.5. The van der Waals surface area contributed by atoms with Crippen molar-refractivity contribution in [2.75, 3.05) is 13.2 Å². The first-order valence-corrected chi connectivity index (χ1v) is 11.9. The molecule has 0 saturated carbocycles. The van der Waals surface area contributed by atoms with Crippen LogP contribution in [0.15, 0.2) is 48.5 Å². The molecule has 0 fully saturated rings. The number of benzene rings is 2. The molecule has 0 N–H and O–H groups in total. The van der Waals surface area contributed by atoms with Crippen molar-refractivity contribution in [2.24, 2.45) is 0 Å². The maximum Gasteiger partial charge on any atom is 1.00 e. The minimum atomic E-state index is -1.05. The van der Waals surface area contributed by atoms with Crippen molar-refractivity contribution in [2.45, 2.75) is 36.3 Å². The van der Waals surface area contributed by atoms with Gasteiger partial charge in [-0.05, 0) is 0 Å². The molecule has 31 heavy (non-hydrogen) atoms. The number of ether oxygens (including phenoxy) is 2. The van der Waals surface area contributed by atoms with Crippen LogP contribution in [-0.4, -0.2) is 40.1 Å². The first-order valence-electron chi connectivity index (χ1n) is 9.44. The third-order valence-electron chi connectivity index (χ3n) is 3.97. The maximum absolute atomic E-state index is 10.4. The Balaban J connectivity index is 0.00000450. The monoisotopic (exact) mass is 510 g/mol. The van der Waals surface area contributed by atoms with Crippen molar-refractivity contribution >= 4 is 26.9 Å². The topological polar surface area (TPSA) is 98.7 Å². The Hall–Kier alpha value is -0.501. The summed E-state index contributed by atoms with van der Waals surface area (Å²) < 4.78 is 11.0. The van der Waals surface area contributed by atoms with Gasteiger partial charge in [-0.25, -0.2) is 0 Å². The Morgan fingerprint density at radius 1 is 0.677 bits per heavy atom. The molecule has 0 aliphatic heterocycles. The average molecular weight is 509 g/mol. The Bertz CT molecular complexity index is 703. The number of carbonyl (C=O) groups is 2. The molecule has 2 aromatic carbocycles. The van der Waals surface area contributed by atoms with Crippen molar-refractivity contribution in [1.82, 2.24) is 0 Å². The van der Waals surface area contributed by atoms with E-state index in [0.717, 1.165) is 22.1 Å².